The fourth-order valence-electron chi connectivity index (χ4n) is 1.52. The van der Waals surface area contributed by atoms with Gasteiger partial charge in [0.05, 0.1) is 18.5 Å². The molecular formula is C13H15N3O2. The van der Waals surface area contributed by atoms with Gasteiger partial charge in [0.1, 0.15) is 18.2 Å². The maximum absolute atomic E-state index is 10.2. The number of hydrogen-bond donors (Lipinski definition) is 1. The summed E-state index contributed by atoms with van der Waals surface area (Å²) < 4.78 is 5.48. The molecule has 0 spiro atoms. The van der Waals surface area contributed by atoms with E-state index in [1.165, 1.54) is 6.33 Å². The molecule has 0 aliphatic rings. The summed E-state index contributed by atoms with van der Waals surface area (Å²) in [5, 5.41) is 10.2. The van der Waals surface area contributed by atoms with E-state index in [0.29, 0.717) is 23.6 Å². The normalized spacial score (nSPS) is 12.1. The van der Waals surface area contributed by atoms with Crippen LogP contribution in [0.25, 0.3) is 0 Å². The van der Waals surface area contributed by atoms with Crippen molar-refractivity contribution in [3.8, 4) is 5.75 Å². The fourth-order valence-corrected chi connectivity index (χ4v) is 1.52. The molecule has 2 aromatic heterocycles. The molecule has 5 heteroatoms. The van der Waals surface area contributed by atoms with E-state index < -0.39 is 6.10 Å². The van der Waals surface area contributed by atoms with E-state index in [1.807, 2.05) is 6.92 Å². The van der Waals surface area contributed by atoms with Gasteiger partial charge in [0, 0.05) is 18.0 Å². The number of ether oxygens (including phenoxy) is 1. The first-order valence-electron chi connectivity index (χ1n) is 5.83. The van der Waals surface area contributed by atoms with Gasteiger partial charge in [-0.3, -0.25) is 4.98 Å². The topological polar surface area (TPSA) is 68.1 Å². The predicted octanol–water partition coefficient (Wildman–Crippen LogP) is 1.74. The molecule has 0 bridgehead atoms. The van der Waals surface area contributed by atoms with Crippen molar-refractivity contribution in [2.24, 2.45) is 0 Å². The monoisotopic (exact) mass is 245 g/mol. The van der Waals surface area contributed by atoms with Gasteiger partial charge in [-0.25, -0.2) is 9.97 Å². The van der Waals surface area contributed by atoms with Crippen LogP contribution in [-0.4, -0.2) is 26.7 Å². The van der Waals surface area contributed by atoms with Gasteiger partial charge >= 0.3 is 0 Å². The summed E-state index contributed by atoms with van der Waals surface area (Å²) in [6.07, 6.45) is 6.35. The molecular weight excluding hydrogens is 230 g/mol. The van der Waals surface area contributed by atoms with Gasteiger partial charge in [-0.1, -0.05) is 6.92 Å². The van der Waals surface area contributed by atoms with Gasteiger partial charge in [0.25, 0.3) is 0 Å². The van der Waals surface area contributed by atoms with Crippen LogP contribution in [0.4, 0.5) is 0 Å². The second-order valence-electron chi connectivity index (χ2n) is 3.84. The van der Waals surface area contributed by atoms with Crippen molar-refractivity contribution in [2.75, 3.05) is 6.61 Å². The van der Waals surface area contributed by atoms with E-state index in [2.05, 4.69) is 15.0 Å². The molecule has 0 saturated carbocycles. The van der Waals surface area contributed by atoms with Crippen LogP contribution in [0, 0.1) is 0 Å². The third-order valence-electron chi connectivity index (χ3n) is 2.41. The maximum atomic E-state index is 10.2. The highest BCUT2D eigenvalue weighted by Gasteiger charge is 2.12. The van der Waals surface area contributed by atoms with Crippen LogP contribution in [-0.2, 0) is 0 Å². The Hall–Kier alpha value is -2.01. The summed E-state index contributed by atoms with van der Waals surface area (Å²) in [6.45, 7) is 2.67. The lowest BCUT2D eigenvalue weighted by molar-refractivity contribution is 0.213. The SMILES string of the molecule is CCCOc1cncc(C(O)c2ccncn2)c1. The zero-order valence-electron chi connectivity index (χ0n) is 10.2. The average molecular weight is 245 g/mol. The Bertz CT molecular complexity index is 491. The molecule has 1 unspecified atom stereocenters. The van der Waals surface area contributed by atoms with Crippen molar-refractivity contribution < 1.29 is 9.84 Å². The van der Waals surface area contributed by atoms with Gasteiger partial charge in [0.2, 0.25) is 0 Å². The molecule has 0 saturated heterocycles. The molecule has 18 heavy (non-hydrogen) atoms. The van der Waals surface area contributed by atoms with Crippen LogP contribution in [0.1, 0.15) is 30.7 Å². The Balaban J connectivity index is 2.17. The third-order valence-corrected chi connectivity index (χ3v) is 2.41. The van der Waals surface area contributed by atoms with Gasteiger partial charge < -0.3 is 9.84 Å². The zero-order chi connectivity index (χ0) is 12.8. The summed E-state index contributed by atoms with van der Waals surface area (Å²) in [6, 6.07) is 3.44. The van der Waals surface area contributed by atoms with Crippen molar-refractivity contribution >= 4 is 0 Å². The van der Waals surface area contributed by atoms with Crippen molar-refractivity contribution in [3.05, 3.63) is 48.3 Å². The van der Waals surface area contributed by atoms with Crippen molar-refractivity contribution in [2.45, 2.75) is 19.4 Å². The Morgan fingerprint density at radius 3 is 2.94 bits per heavy atom. The number of nitrogens with zero attached hydrogens (tertiary/aromatic N) is 3. The van der Waals surface area contributed by atoms with Crippen molar-refractivity contribution in [3.63, 3.8) is 0 Å². The number of hydrogen-bond acceptors (Lipinski definition) is 5. The van der Waals surface area contributed by atoms with E-state index in [1.54, 1.807) is 30.7 Å². The van der Waals surface area contributed by atoms with Crippen LogP contribution >= 0.6 is 0 Å². The minimum Gasteiger partial charge on any atom is -0.492 e. The standard InChI is InChI=1S/C13H15N3O2/c1-2-5-18-11-6-10(7-15-8-11)13(17)12-3-4-14-9-16-12/h3-4,6-9,13,17H,2,5H2,1H3. The Morgan fingerprint density at radius 2 is 2.22 bits per heavy atom. The Kier molecular flexibility index (Phi) is 4.20. The lowest BCUT2D eigenvalue weighted by Crippen LogP contribution is -2.04. The van der Waals surface area contributed by atoms with Crippen molar-refractivity contribution in [1.82, 2.24) is 15.0 Å². The lowest BCUT2D eigenvalue weighted by atomic mass is 10.1. The molecule has 1 atom stereocenters. The molecule has 5 nitrogen and oxygen atoms in total. The van der Waals surface area contributed by atoms with Crippen LogP contribution in [0.5, 0.6) is 5.75 Å². The molecule has 1 N–H and O–H groups in total. The molecule has 2 heterocycles. The van der Waals surface area contributed by atoms with Crippen LogP contribution < -0.4 is 4.74 Å². The summed E-state index contributed by atoms with van der Waals surface area (Å²) >= 11 is 0. The molecule has 0 aliphatic carbocycles. The summed E-state index contributed by atoms with van der Waals surface area (Å²) in [5.74, 6) is 0.655. The Labute approximate surface area is 106 Å². The number of aliphatic hydroxyl groups is 1. The molecule has 0 amide bonds. The fraction of sp³-hybridized carbons (Fsp3) is 0.308. The zero-order valence-corrected chi connectivity index (χ0v) is 10.2. The quantitative estimate of drug-likeness (QED) is 0.869. The van der Waals surface area contributed by atoms with Crippen LogP contribution in [0.3, 0.4) is 0 Å². The van der Waals surface area contributed by atoms with E-state index in [0.717, 1.165) is 6.42 Å². The largest absolute Gasteiger partial charge is 0.492 e. The molecule has 0 aromatic carbocycles. The number of aliphatic hydroxyl groups excluding tert-OH is 1. The smallest absolute Gasteiger partial charge is 0.137 e. The van der Waals surface area contributed by atoms with Gasteiger partial charge in [-0.15, -0.1) is 0 Å². The van der Waals surface area contributed by atoms with Crippen LogP contribution in [0.2, 0.25) is 0 Å². The van der Waals surface area contributed by atoms with E-state index in [-0.39, 0.29) is 0 Å². The van der Waals surface area contributed by atoms with Gasteiger partial charge in [-0.2, -0.15) is 0 Å². The van der Waals surface area contributed by atoms with Crippen molar-refractivity contribution in [1.29, 1.82) is 0 Å². The average Bonchev–Trinajstić information content (AvgIpc) is 2.45. The molecule has 2 aromatic rings. The van der Waals surface area contributed by atoms with E-state index in [9.17, 15) is 5.11 Å². The Morgan fingerprint density at radius 1 is 1.33 bits per heavy atom. The van der Waals surface area contributed by atoms with E-state index in [4.69, 9.17) is 4.74 Å². The number of rotatable bonds is 5. The highest BCUT2D eigenvalue weighted by Crippen LogP contribution is 2.22. The molecule has 0 aliphatic heterocycles. The number of pyridine rings is 1. The lowest BCUT2D eigenvalue weighted by Gasteiger charge is -2.11. The van der Waals surface area contributed by atoms with Gasteiger partial charge in [-0.05, 0) is 18.6 Å². The molecule has 94 valence electrons. The first-order valence-corrected chi connectivity index (χ1v) is 5.83. The first-order chi connectivity index (χ1) is 8.81. The third kappa shape index (κ3) is 3.01. The molecule has 0 radical (unpaired) electrons. The van der Waals surface area contributed by atoms with Gasteiger partial charge in [0.15, 0.2) is 0 Å². The highest BCUT2D eigenvalue weighted by atomic mass is 16.5. The van der Waals surface area contributed by atoms with Crippen LogP contribution in [0.15, 0.2) is 37.1 Å². The number of aromatic nitrogens is 3. The minimum absolute atomic E-state index is 0.541. The summed E-state index contributed by atoms with van der Waals surface area (Å²) in [4.78, 5) is 11.9. The summed E-state index contributed by atoms with van der Waals surface area (Å²) in [5.41, 5.74) is 1.20. The predicted molar refractivity (Wildman–Crippen MR) is 66.1 cm³/mol. The highest BCUT2D eigenvalue weighted by molar-refractivity contribution is 5.29. The second kappa shape index (κ2) is 6.07. The molecule has 0 fully saturated rings. The van der Waals surface area contributed by atoms with E-state index >= 15 is 0 Å². The molecule has 2 rings (SSSR count). The summed E-state index contributed by atoms with van der Waals surface area (Å²) in [7, 11) is 0. The minimum atomic E-state index is -0.814. The maximum Gasteiger partial charge on any atom is 0.137 e. The first kappa shape index (κ1) is 12.4. The second-order valence-corrected chi connectivity index (χ2v) is 3.84.